The molecule has 0 saturated heterocycles. The van der Waals surface area contributed by atoms with E-state index in [2.05, 4.69) is 11.9 Å². The van der Waals surface area contributed by atoms with Crippen LogP contribution in [0.3, 0.4) is 0 Å². The van der Waals surface area contributed by atoms with Crippen LogP contribution in [0.5, 0.6) is 0 Å². The van der Waals surface area contributed by atoms with Gasteiger partial charge in [0.25, 0.3) is 0 Å². The van der Waals surface area contributed by atoms with E-state index in [1.54, 1.807) is 27.7 Å². The molecule has 0 spiro atoms. The van der Waals surface area contributed by atoms with Crippen LogP contribution in [0.25, 0.3) is 0 Å². The molecular formula is C10H19NO3. The Kier molecular flexibility index (Phi) is 4.63. The van der Waals surface area contributed by atoms with Gasteiger partial charge >= 0.3 is 6.09 Å². The van der Waals surface area contributed by atoms with Crippen molar-refractivity contribution >= 4 is 6.09 Å². The van der Waals surface area contributed by atoms with Gasteiger partial charge in [-0.2, -0.15) is 0 Å². The highest BCUT2D eigenvalue weighted by Crippen LogP contribution is 2.06. The maximum absolute atomic E-state index is 11.1. The SMILES string of the molecule is C=C(C)C(O)CNC(=O)OC(C)(C)C. The zero-order valence-electron chi connectivity index (χ0n) is 9.26. The van der Waals surface area contributed by atoms with Gasteiger partial charge in [0.05, 0.1) is 12.6 Å². The number of rotatable bonds is 3. The first kappa shape index (κ1) is 13.0. The second-order valence-corrected chi connectivity index (χ2v) is 4.24. The van der Waals surface area contributed by atoms with Gasteiger partial charge < -0.3 is 15.2 Å². The number of ether oxygens (including phenoxy) is 1. The molecule has 1 atom stereocenters. The van der Waals surface area contributed by atoms with E-state index in [9.17, 15) is 9.90 Å². The van der Waals surface area contributed by atoms with Gasteiger partial charge in [-0.25, -0.2) is 4.79 Å². The Morgan fingerprint density at radius 2 is 2.07 bits per heavy atom. The molecule has 4 heteroatoms. The lowest BCUT2D eigenvalue weighted by molar-refractivity contribution is 0.0503. The third-order valence-corrected chi connectivity index (χ3v) is 1.41. The fourth-order valence-electron chi connectivity index (χ4n) is 0.668. The van der Waals surface area contributed by atoms with Crippen molar-refractivity contribution in [2.24, 2.45) is 0 Å². The number of alkyl carbamates (subject to hydrolysis) is 1. The molecule has 0 aromatic carbocycles. The molecule has 0 radical (unpaired) electrons. The lowest BCUT2D eigenvalue weighted by Gasteiger charge is -2.20. The number of amides is 1. The van der Waals surface area contributed by atoms with Crippen LogP contribution >= 0.6 is 0 Å². The van der Waals surface area contributed by atoms with E-state index in [0.29, 0.717) is 5.57 Å². The zero-order chi connectivity index (χ0) is 11.4. The van der Waals surface area contributed by atoms with Crippen LogP contribution in [-0.4, -0.2) is 29.4 Å². The number of hydrogen-bond donors (Lipinski definition) is 2. The van der Waals surface area contributed by atoms with E-state index in [-0.39, 0.29) is 6.54 Å². The Labute approximate surface area is 85.0 Å². The molecule has 1 amide bonds. The van der Waals surface area contributed by atoms with E-state index in [1.165, 1.54) is 0 Å². The predicted molar refractivity (Wildman–Crippen MR) is 55.1 cm³/mol. The number of carbonyl (C=O) groups excluding carboxylic acids is 1. The van der Waals surface area contributed by atoms with Crippen molar-refractivity contribution in [3.63, 3.8) is 0 Å². The Morgan fingerprint density at radius 3 is 2.43 bits per heavy atom. The summed E-state index contributed by atoms with van der Waals surface area (Å²) in [6.07, 6.45) is -1.25. The first-order valence-electron chi connectivity index (χ1n) is 4.52. The van der Waals surface area contributed by atoms with Crippen molar-refractivity contribution in [2.75, 3.05) is 6.54 Å². The molecule has 2 N–H and O–H groups in total. The summed E-state index contributed by atoms with van der Waals surface area (Å²) >= 11 is 0. The van der Waals surface area contributed by atoms with Crippen molar-refractivity contribution in [3.8, 4) is 0 Å². The minimum absolute atomic E-state index is 0.129. The van der Waals surface area contributed by atoms with Crippen LogP contribution in [0, 0.1) is 0 Å². The summed E-state index contributed by atoms with van der Waals surface area (Å²) in [5.41, 5.74) is 0.0965. The Balaban J connectivity index is 3.81. The summed E-state index contributed by atoms with van der Waals surface area (Å²) in [5, 5.41) is 11.8. The topological polar surface area (TPSA) is 58.6 Å². The van der Waals surface area contributed by atoms with Crippen molar-refractivity contribution in [2.45, 2.75) is 39.4 Å². The maximum Gasteiger partial charge on any atom is 0.407 e. The normalized spacial score (nSPS) is 13.2. The molecule has 0 aromatic heterocycles. The molecular weight excluding hydrogens is 182 g/mol. The molecule has 0 aliphatic heterocycles. The quantitative estimate of drug-likeness (QED) is 0.679. The van der Waals surface area contributed by atoms with Gasteiger partial charge in [-0.1, -0.05) is 12.2 Å². The van der Waals surface area contributed by atoms with Crippen LogP contribution in [-0.2, 0) is 4.74 Å². The van der Waals surface area contributed by atoms with Gasteiger partial charge in [0, 0.05) is 0 Å². The Morgan fingerprint density at radius 1 is 1.57 bits per heavy atom. The summed E-state index contributed by atoms with van der Waals surface area (Å²) in [5.74, 6) is 0. The highest BCUT2D eigenvalue weighted by atomic mass is 16.6. The van der Waals surface area contributed by atoms with E-state index in [4.69, 9.17) is 4.74 Å². The minimum atomic E-state index is -0.720. The molecule has 0 bridgehead atoms. The van der Waals surface area contributed by atoms with Crippen LogP contribution in [0.1, 0.15) is 27.7 Å². The molecule has 0 aliphatic rings. The third-order valence-electron chi connectivity index (χ3n) is 1.41. The first-order chi connectivity index (χ1) is 6.22. The molecule has 1 unspecified atom stereocenters. The number of hydrogen-bond acceptors (Lipinski definition) is 3. The van der Waals surface area contributed by atoms with Gasteiger partial charge in [-0.05, 0) is 27.7 Å². The second kappa shape index (κ2) is 5.00. The van der Waals surface area contributed by atoms with E-state index in [1.807, 2.05) is 0 Å². The molecule has 0 fully saturated rings. The van der Waals surface area contributed by atoms with Crippen molar-refractivity contribution in [1.29, 1.82) is 0 Å². The maximum atomic E-state index is 11.1. The van der Waals surface area contributed by atoms with Gasteiger partial charge in [-0.15, -0.1) is 0 Å². The highest BCUT2D eigenvalue weighted by molar-refractivity contribution is 5.67. The average Bonchev–Trinajstić information content (AvgIpc) is 1.96. The molecule has 0 saturated carbocycles. The summed E-state index contributed by atoms with van der Waals surface area (Å²) in [6, 6.07) is 0. The summed E-state index contributed by atoms with van der Waals surface area (Å²) < 4.78 is 4.98. The van der Waals surface area contributed by atoms with E-state index in [0.717, 1.165) is 0 Å². The fourth-order valence-corrected chi connectivity index (χ4v) is 0.668. The Bertz CT molecular complexity index is 218. The largest absolute Gasteiger partial charge is 0.444 e. The predicted octanol–water partition coefficient (Wildman–Crippen LogP) is 1.45. The Hall–Kier alpha value is -1.03. The first-order valence-corrected chi connectivity index (χ1v) is 4.52. The second-order valence-electron chi connectivity index (χ2n) is 4.24. The molecule has 0 rings (SSSR count). The zero-order valence-corrected chi connectivity index (χ0v) is 9.26. The lowest BCUT2D eigenvalue weighted by Crippen LogP contribution is -2.37. The third kappa shape index (κ3) is 6.48. The molecule has 0 aliphatic carbocycles. The molecule has 0 heterocycles. The monoisotopic (exact) mass is 201 g/mol. The van der Waals surface area contributed by atoms with Gasteiger partial charge in [0.15, 0.2) is 0 Å². The number of aliphatic hydroxyl groups is 1. The lowest BCUT2D eigenvalue weighted by atomic mass is 10.2. The van der Waals surface area contributed by atoms with Gasteiger partial charge in [0.2, 0.25) is 0 Å². The molecule has 0 aromatic rings. The molecule has 14 heavy (non-hydrogen) atoms. The van der Waals surface area contributed by atoms with Crippen LogP contribution in [0.4, 0.5) is 4.79 Å². The highest BCUT2D eigenvalue weighted by Gasteiger charge is 2.16. The summed E-state index contributed by atoms with van der Waals surface area (Å²) in [4.78, 5) is 11.1. The van der Waals surface area contributed by atoms with Crippen molar-refractivity contribution in [3.05, 3.63) is 12.2 Å². The minimum Gasteiger partial charge on any atom is -0.444 e. The fraction of sp³-hybridized carbons (Fsp3) is 0.700. The van der Waals surface area contributed by atoms with Crippen molar-refractivity contribution < 1.29 is 14.6 Å². The summed E-state index contributed by atoms with van der Waals surface area (Å²) in [6.45, 7) is 10.7. The van der Waals surface area contributed by atoms with Gasteiger partial charge in [-0.3, -0.25) is 0 Å². The number of nitrogens with one attached hydrogen (secondary N) is 1. The van der Waals surface area contributed by atoms with Crippen LogP contribution in [0.2, 0.25) is 0 Å². The van der Waals surface area contributed by atoms with Crippen LogP contribution < -0.4 is 5.32 Å². The standard InChI is InChI=1S/C10H19NO3/c1-7(2)8(12)6-11-9(13)14-10(3,4)5/h8,12H,1,6H2,2-5H3,(H,11,13). The summed E-state index contributed by atoms with van der Waals surface area (Å²) in [7, 11) is 0. The van der Waals surface area contributed by atoms with Crippen LogP contribution in [0.15, 0.2) is 12.2 Å². The average molecular weight is 201 g/mol. The number of aliphatic hydroxyl groups excluding tert-OH is 1. The number of carbonyl (C=O) groups is 1. The molecule has 4 nitrogen and oxygen atoms in total. The molecule has 82 valence electrons. The van der Waals surface area contributed by atoms with E-state index < -0.39 is 17.8 Å². The van der Waals surface area contributed by atoms with Gasteiger partial charge in [0.1, 0.15) is 5.60 Å². The smallest absolute Gasteiger partial charge is 0.407 e. The van der Waals surface area contributed by atoms with E-state index >= 15 is 0 Å². The van der Waals surface area contributed by atoms with Crippen molar-refractivity contribution in [1.82, 2.24) is 5.32 Å².